The molecule has 29 heteroatoms. The van der Waals surface area contributed by atoms with E-state index < -0.39 is 79.3 Å². The minimum absolute atomic E-state index is 0.0127. The molecular weight excluding hydrogens is 1040 g/mol. The molecule has 8 heterocycles. The van der Waals surface area contributed by atoms with Gasteiger partial charge in [0.25, 0.3) is 11.1 Å². The summed E-state index contributed by atoms with van der Waals surface area (Å²) in [5.74, 6) is 1.02. The molecule has 4 aromatic heterocycles. The van der Waals surface area contributed by atoms with Crippen LogP contribution in [0.1, 0.15) is 53.0 Å². The van der Waals surface area contributed by atoms with Crippen molar-refractivity contribution in [3.8, 4) is 22.8 Å². The predicted molar refractivity (Wildman–Crippen MR) is 267 cm³/mol. The van der Waals surface area contributed by atoms with Crippen LogP contribution in [0.25, 0.3) is 45.1 Å². The van der Waals surface area contributed by atoms with Gasteiger partial charge in [-0.25, -0.2) is 9.97 Å². The molecule has 23 nitrogen and oxygen atoms in total. The van der Waals surface area contributed by atoms with Crippen LogP contribution in [0.4, 0.5) is 11.9 Å². The molecule has 71 heavy (non-hydrogen) atoms. The van der Waals surface area contributed by atoms with Gasteiger partial charge in [0.2, 0.25) is 11.9 Å². The Balaban J connectivity index is 0.756. The first-order valence-corrected chi connectivity index (χ1v) is 29.1. The highest BCUT2D eigenvalue weighted by atomic mass is 32.7. The van der Waals surface area contributed by atoms with Crippen molar-refractivity contribution in [3.05, 3.63) is 69.2 Å². The molecular formula is C42H48N10O13P2S4-2. The zero-order valence-electron chi connectivity index (χ0n) is 38.2. The van der Waals surface area contributed by atoms with E-state index in [4.69, 9.17) is 67.8 Å². The molecule has 5 unspecified atom stereocenters. The number of hydrogen-bond acceptors (Lipinski definition) is 23. The van der Waals surface area contributed by atoms with Crippen LogP contribution in [0.15, 0.2) is 67.9 Å². The molecule has 0 bridgehead atoms. The summed E-state index contributed by atoms with van der Waals surface area (Å²) in [6.45, 7) is 0.989. The minimum atomic E-state index is -3.82. The fourth-order valence-electron chi connectivity index (χ4n) is 8.78. The average Bonchev–Trinajstić information content (AvgIpc) is 4.03. The van der Waals surface area contributed by atoms with Gasteiger partial charge in [-0.05, 0) is 51.0 Å². The summed E-state index contributed by atoms with van der Waals surface area (Å²) in [7, 11) is 0. The molecule has 2 aromatic carbocycles. The van der Waals surface area contributed by atoms with Gasteiger partial charge in [0.1, 0.15) is 55.0 Å². The molecule has 0 saturated carbocycles. The first kappa shape index (κ1) is 50.8. The summed E-state index contributed by atoms with van der Waals surface area (Å²) in [5.41, 5.74) is 11.6. The van der Waals surface area contributed by atoms with Crippen LogP contribution in [0, 0.1) is 0 Å². The van der Waals surface area contributed by atoms with E-state index in [0.29, 0.717) is 17.7 Å². The second-order valence-corrected chi connectivity index (χ2v) is 26.8. The number of aliphatic hydroxyl groups is 2. The zero-order chi connectivity index (χ0) is 50.4. The van der Waals surface area contributed by atoms with Crippen molar-refractivity contribution in [2.75, 3.05) is 37.0 Å². The van der Waals surface area contributed by atoms with Gasteiger partial charge < -0.3 is 71.1 Å². The number of rotatable bonds is 14. The molecule has 0 radical (unpaired) electrons. The van der Waals surface area contributed by atoms with Gasteiger partial charge in [0, 0.05) is 38.0 Å². The molecule has 10 atom stereocenters. The SMILES string of the molecule is CC(C)(CCSc1ccc(-c2nc3c(=O)[nH]c(N)nc3n2[C@@H]2OC3COP(=O)([S-])O[C@H]3[C@@H]2O)cc1)OCCC(C)(C)Sc1ccc(-c2nc3c(=O)[nH]c(N)nc3n2[C@@H]2OC3COP([O-])(=S)O[C@@H]3C2O)cc1. The predicted octanol–water partition coefficient (Wildman–Crippen LogP) is 3.88. The summed E-state index contributed by atoms with van der Waals surface area (Å²) < 4.78 is 55.0. The smallest absolute Gasteiger partial charge is 0.280 e. The maximum Gasteiger partial charge on any atom is 0.280 e. The fraction of sp³-hybridized carbons (Fsp3) is 0.476. The number of aromatic nitrogens is 8. The maximum absolute atomic E-state index is 13.0. The molecule has 4 aliphatic rings. The van der Waals surface area contributed by atoms with Gasteiger partial charge in [0.05, 0.1) is 18.8 Å². The van der Waals surface area contributed by atoms with Crippen molar-refractivity contribution in [1.29, 1.82) is 0 Å². The summed E-state index contributed by atoms with van der Waals surface area (Å²) >= 11 is 13.2. The number of anilines is 2. The van der Waals surface area contributed by atoms with Gasteiger partial charge in [-0.15, -0.1) is 23.5 Å². The number of nitrogens with one attached hydrogen (secondary N) is 2. The zero-order valence-corrected chi connectivity index (χ0v) is 43.3. The van der Waals surface area contributed by atoms with E-state index in [2.05, 4.69) is 57.6 Å². The quantitative estimate of drug-likeness (QED) is 0.0512. The standard InChI is InChI=1S/C42H50N10O13P2S4/c1-41(2,14-16-70-21-9-5-19(6-10-21)31-45-25-33(47-39(43)49-35(25)55)51(31)37-27(53)29-23(62-37)17-60-66(57,68)64-29)59-15-13-42(3,4)71-22-11-7-20(8-12-22)32-46-26-34(48-40(44)50-36(26)56)52(32)38-28(54)30-24(63-38)18-61-67(58,69)65-30/h5-12,23-24,27-30,37-38,53-54H,13-18H2,1-4H3,(H,57,68)(H,58,69)(H3,43,47,49,55)(H3,44,48,50,56)/p-2/t23?,24?,27-,28?,29+,30-,37+,38+,66?,67?/m0/s1. The molecule has 6 aromatic rings. The molecule has 0 spiro atoms. The number of aromatic amines is 2. The molecule has 0 amide bonds. The monoisotopic (exact) mass is 1090 g/mol. The van der Waals surface area contributed by atoms with Gasteiger partial charge in [0.15, 0.2) is 41.6 Å². The first-order chi connectivity index (χ1) is 33.5. The van der Waals surface area contributed by atoms with E-state index in [9.17, 15) is 29.3 Å². The van der Waals surface area contributed by atoms with Crippen LogP contribution in [-0.4, -0.2) is 122 Å². The van der Waals surface area contributed by atoms with Crippen LogP contribution in [0.2, 0.25) is 0 Å². The van der Waals surface area contributed by atoms with Gasteiger partial charge >= 0.3 is 0 Å². The largest absolute Gasteiger partial charge is 0.780 e. The molecule has 8 N–H and O–H groups in total. The van der Waals surface area contributed by atoms with E-state index in [-0.39, 0.29) is 63.8 Å². The number of nitrogens with two attached hydrogens (primary N) is 2. The van der Waals surface area contributed by atoms with Crippen molar-refractivity contribution >= 4 is 95.3 Å². The third-order valence-electron chi connectivity index (χ3n) is 12.4. The Hall–Kier alpha value is -3.73. The van der Waals surface area contributed by atoms with Crippen molar-refractivity contribution < 1.29 is 52.0 Å². The molecule has 10 rings (SSSR count). The number of benzene rings is 2. The average molecular weight is 1090 g/mol. The summed E-state index contributed by atoms with van der Waals surface area (Å²) in [6, 6.07) is 15.2. The Morgan fingerprint density at radius 3 is 1.83 bits per heavy atom. The van der Waals surface area contributed by atoms with Crippen molar-refractivity contribution in [2.24, 2.45) is 0 Å². The number of thioether (sulfide) groups is 2. The van der Waals surface area contributed by atoms with Crippen LogP contribution in [-0.2, 0) is 60.9 Å². The van der Waals surface area contributed by atoms with Gasteiger partial charge in [-0.3, -0.25) is 33.3 Å². The lowest BCUT2D eigenvalue weighted by Gasteiger charge is -2.38. The number of fused-ring (bicyclic) bond motifs is 4. The molecule has 4 saturated heterocycles. The van der Waals surface area contributed by atoms with Crippen LogP contribution in [0.5, 0.6) is 0 Å². The number of aliphatic hydroxyl groups excluding tert-OH is 2. The topological polar surface area (TPSA) is 324 Å². The lowest BCUT2D eigenvalue weighted by atomic mass is 10.1. The normalized spacial score (nSPS) is 29.0. The maximum atomic E-state index is 13.0. The molecule has 4 fully saturated rings. The number of nitrogen functional groups attached to an aromatic ring is 2. The number of H-pyrrole nitrogens is 2. The Kier molecular flexibility index (Phi) is 13.7. The van der Waals surface area contributed by atoms with Crippen molar-refractivity contribution in [2.45, 2.75) is 110 Å². The van der Waals surface area contributed by atoms with Crippen molar-refractivity contribution in [3.63, 3.8) is 0 Å². The highest BCUT2D eigenvalue weighted by Crippen LogP contribution is 2.55. The fourth-order valence-corrected chi connectivity index (χ4v) is 13.9. The first-order valence-electron chi connectivity index (χ1n) is 22.2. The van der Waals surface area contributed by atoms with Gasteiger partial charge in [-0.1, -0.05) is 49.9 Å². The van der Waals surface area contributed by atoms with E-state index in [1.165, 1.54) is 9.13 Å². The van der Waals surface area contributed by atoms with Crippen LogP contribution < -0.4 is 27.5 Å². The molecule has 0 aliphatic carbocycles. The Labute approximate surface area is 423 Å². The van der Waals surface area contributed by atoms with E-state index in [1.54, 1.807) is 23.5 Å². The highest BCUT2D eigenvalue weighted by Gasteiger charge is 2.52. The van der Waals surface area contributed by atoms with E-state index in [0.717, 1.165) is 28.4 Å². The number of ether oxygens (including phenoxy) is 3. The third-order valence-corrected chi connectivity index (χ3v) is 17.7. The second-order valence-electron chi connectivity index (χ2n) is 18.5. The minimum Gasteiger partial charge on any atom is -0.780 e. The van der Waals surface area contributed by atoms with Crippen molar-refractivity contribution in [1.82, 2.24) is 39.0 Å². The second kappa shape index (κ2) is 19.2. The third kappa shape index (κ3) is 10.4. The van der Waals surface area contributed by atoms with E-state index >= 15 is 0 Å². The lowest BCUT2D eigenvalue weighted by molar-refractivity contribution is -0.227. The Morgan fingerprint density at radius 1 is 0.803 bits per heavy atom. The highest BCUT2D eigenvalue weighted by molar-refractivity contribution is 8.32. The Morgan fingerprint density at radius 2 is 1.30 bits per heavy atom. The van der Waals surface area contributed by atoms with Crippen LogP contribution in [0.3, 0.4) is 0 Å². The summed E-state index contributed by atoms with van der Waals surface area (Å²) in [5, 5.41) is 22.7. The summed E-state index contributed by atoms with van der Waals surface area (Å²) in [6.07, 6.45) is -7.18. The summed E-state index contributed by atoms with van der Waals surface area (Å²) in [4.78, 5) is 63.1. The number of nitrogens with zero attached hydrogens (tertiary/aromatic N) is 6. The van der Waals surface area contributed by atoms with Crippen LogP contribution >= 0.6 is 37.0 Å². The molecule has 380 valence electrons. The number of hydrogen-bond donors (Lipinski definition) is 6. The number of imidazole rings is 2. The van der Waals surface area contributed by atoms with E-state index in [1.807, 2.05) is 48.5 Å². The van der Waals surface area contributed by atoms with Gasteiger partial charge in [-0.2, -0.15) is 9.97 Å². The lowest BCUT2D eigenvalue weighted by Crippen LogP contribution is -2.41. The Bertz CT molecular complexity index is 3230. The molecule has 4 aliphatic heterocycles.